The van der Waals surface area contributed by atoms with Crippen molar-refractivity contribution in [3.8, 4) is 68.9 Å². The van der Waals surface area contributed by atoms with Gasteiger partial charge in [0, 0.05) is 50.4 Å². The van der Waals surface area contributed by atoms with Crippen LogP contribution in [0.15, 0.2) is 164 Å². The van der Waals surface area contributed by atoms with Crippen LogP contribution in [0, 0.1) is 35.5 Å². The third-order valence-corrected chi connectivity index (χ3v) is 8.30. The molecule has 0 unspecified atom stereocenters. The van der Waals surface area contributed by atoms with Gasteiger partial charge in [-0.25, -0.2) is 0 Å². The molecule has 0 saturated heterocycles. The van der Waals surface area contributed by atoms with Crippen LogP contribution in [-0.2, 0) is 0 Å². The van der Waals surface area contributed by atoms with Crippen LogP contribution in [0.5, 0.6) is 0 Å². The van der Waals surface area contributed by atoms with E-state index in [4.69, 9.17) is 17.2 Å². The number of hydrogen-bond donors (Lipinski definition) is 3. The molecule has 0 amide bonds. The fourth-order valence-electron chi connectivity index (χ4n) is 5.65. The van der Waals surface area contributed by atoms with Crippen LogP contribution in [0.4, 0.5) is 17.1 Å². The first-order valence-corrected chi connectivity index (χ1v) is 16.5. The normalized spacial score (nSPS) is 10.1. The van der Waals surface area contributed by atoms with Crippen molar-refractivity contribution >= 4 is 17.1 Å². The van der Waals surface area contributed by atoms with Gasteiger partial charge in [-0.1, -0.05) is 90.1 Å². The first kappa shape index (κ1) is 32.2. The minimum absolute atomic E-state index is 0.702. The van der Waals surface area contributed by atoms with Gasteiger partial charge in [0.1, 0.15) is 0 Å². The zero-order chi connectivity index (χ0) is 35.0. The van der Waals surface area contributed by atoms with Crippen LogP contribution in [0.2, 0.25) is 0 Å². The molecule has 0 atom stereocenters. The van der Waals surface area contributed by atoms with E-state index in [1.54, 1.807) is 0 Å². The fraction of sp³-hybridized carbons (Fsp3) is 0. The second-order valence-electron chi connectivity index (χ2n) is 12.2. The van der Waals surface area contributed by atoms with Gasteiger partial charge in [0.2, 0.25) is 0 Å². The summed E-state index contributed by atoms with van der Waals surface area (Å²) in [6.07, 6.45) is 0. The molecule has 0 aromatic heterocycles. The van der Waals surface area contributed by atoms with Crippen molar-refractivity contribution < 1.29 is 0 Å². The first-order valence-electron chi connectivity index (χ1n) is 16.5. The van der Waals surface area contributed by atoms with Crippen molar-refractivity contribution in [3.63, 3.8) is 0 Å². The van der Waals surface area contributed by atoms with E-state index in [-0.39, 0.29) is 0 Å². The molecule has 7 aromatic rings. The molecule has 0 aliphatic heterocycles. The monoisotopic (exact) mass is 651 g/mol. The summed E-state index contributed by atoms with van der Waals surface area (Å²) in [5, 5.41) is 0. The summed E-state index contributed by atoms with van der Waals surface area (Å²) in [6.45, 7) is 0. The molecule has 0 bridgehead atoms. The van der Waals surface area contributed by atoms with Crippen molar-refractivity contribution in [2.24, 2.45) is 0 Å². The molecule has 0 saturated carbocycles. The topological polar surface area (TPSA) is 78.1 Å². The van der Waals surface area contributed by atoms with Crippen LogP contribution in [0.3, 0.4) is 0 Å². The van der Waals surface area contributed by atoms with Crippen molar-refractivity contribution in [1.82, 2.24) is 0 Å². The first-order chi connectivity index (χ1) is 24.9. The maximum atomic E-state index is 5.93. The lowest BCUT2D eigenvalue weighted by Crippen LogP contribution is -1.88. The molecule has 0 aliphatic carbocycles. The smallest absolute Gasteiger partial charge is 0.0326 e. The standard InChI is InChI=1S/C48H33N3/c49-46-7-1-4-37(28-46)13-10-34-16-22-40(23-17-34)43-31-44(41-24-18-35(19-25-41)11-14-38-5-2-8-47(50)29-38)33-45(32-43)42-26-20-36(21-27-42)12-15-39-6-3-9-48(51)30-39/h1-9,16-33H,49-51H2. The highest BCUT2D eigenvalue weighted by molar-refractivity contribution is 5.81. The van der Waals surface area contributed by atoms with Gasteiger partial charge >= 0.3 is 0 Å². The zero-order valence-corrected chi connectivity index (χ0v) is 27.8. The molecule has 0 heterocycles. The molecule has 3 heteroatoms. The predicted molar refractivity (Wildman–Crippen MR) is 213 cm³/mol. The van der Waals surface area contributed by atoms with E-state index in [9.17, 15) is 0 Å². The van der Waals surface area contributed by atoms with Gasteiger partial charge in [0.15, 0.2) is 0 Å². The molecule has 0 aliphatic rings. The van der Waals surface area contributed by atoms with Crippen LogP contribution < -0.4 is 17.2 Å². The van der Waals surface area contributed by atoms with Crippen LogP contribution in [0.1, 0.15) is 33.4 Å². The number of nitrogen functional groups attached to an aromatic ring is 3. The van der Waals surface area contributed by atoms with E-state index in [2.05, 4.69) is 127 Å². The predicted octanol–water partition coefficient (Wildman–Crippen LogP) is 9.63. The lowest BCUT2D eigenvalue weighted by molar-refractivity contribution is 1.54. The summed E-state index contributed by atoms with van der Waals surface area (Å²) in [5.74, 6) is 19.4. The second kappa shape index (κ2) is 14.8. The van der Waals surface area contributed by atoms with E-state index in [0.717, 1.165) is 66.8 Å². The minimum atomic E-state index is 0.702. The van der Waals surface area contributed by atoms with E-state index in [0.29, 0.717) is 17.1 Å². The van der Waals surface area contributed by atoms with Gasteiger partial charge in [-0.2, -0.15) is 0 Å². The molecular formula is C48H33N3. The van der Waals surface area contributed by atoms with Gasteiger partial charge in [-0.05, 0) is 143 Å². The Kier molecular flexibility index (Phi) is 9.34. The molecule has 7 rings (SSSR count). The molecule has 0 radical (unpaired) electrons. The van der Waals surface area contributed by atoms with E-state index >= 15 is 0 Å². The average molecular weight is 652 g/mol. The third-order valence-electron chi connectivity index (χ3n) is 8.30. The Morgan fingerprint density at radius 3 is 0.745 bits per heavy atom. The summed E-state index contributed by atoms with van der Waals surface area (Å²) in [7, 11) is 0. The largest absolute Gasteiger partial charge is 0.399 e. The van der Waals surface area contributed by atoms with Gasteiger partial charge in [0.25, 0.3) is 0 Å². The van der Waals surface area contributed by atoms with Crippen LogP contribution in [-0.4, -0.2) is 0 Å². The molecule has 6 N–H and O–H groups in total. The maximum absolute atomic E-state index is 5.93. The van der Waals surface area contributed by atoms with E-state index in [1.165, 1.54) is 0 Å². The molecule has 51 heavy (non-hydrogen) atoms. The van der Waals surface area contributed by atoms with Gasteiger partial charge < -0.3 is 17.2 Å². The summed E-state index contributed by atoms with van der Waals surface area (Å²) >= 11 is 0. The third kappa shape index (κ3) is 8.38. The number of anilines is 3. The molecule has 7 aromatic carbocycles. The number of rotatable bonds is 3. The Labute approximate surface area is 299 Å². The number of benzene rings is 7. The highest BCUT2D eigenvalue weighted by atomic mass is 14.5. The molecular weight excluding hydrogens is 619 g/mol. The van der Waals surface area contributed by atoms with Crippen LogP contribution in [0.25, 0.3) is 33.4 Å². The fourth-order valence-corrected chi connectivity index (χ4v) is 5.65. The summed E-state index contributed by atoms with van der Waals surface area (Å²) in [6, 6.07) is 54.6. The lowest BCUT2D eigenvalue weighted by Gasteiger charge is -2.12. The maximum Gasteiger partial charge on any atom is 0.0326 e. The highest BCUT2D eigenvalue weighted by Gasteiger charge is 2.08. The number of hydrogen-bond acceptors (Lipinski definition) is 3. The van der Waals surface area contributed by atoms with Crippen molar-refractivity contribution in [2.45, 2.75) is 0 Å². The number of nitrogens with two attached hydrogens (primary N) is 3. The Balaban J connectivity index is 1.21. The Morgan fingerprint density at radius 2 is 0.490 bits per heavy atom. The van der Waals surface area contributed by atoms with Gasteiger partial charge in [-0.15, -0.1) is 0 Å². The quantitative estimate of drug-likeness (QED) is 0.132. The summed E-state index contributed by atoms with van der Waals surface area (Å²) < 4.78 is 0. The Hall–Kier alpha value is -7.38. The Bertz CT molecular complexity index is 2240. The zero-order valence-electron chi connectivity index (χ0n) is 27.8. The van der Waals surface area contributed by atoms with Crippen LogP contribution >= 0.6 is 0 Å². The van der Waals surface area contributed by atoms with E-state index < -0.39 is 0 Å². The van der Waals surface area contributed by atoms with Crippen molar-refractivity contribution in [2.75, 3.05) is 17.2 Å². The van der Waals surface area contributed by atoms with E-state index in [1.807, 2.05) is 72.8 Å². The summed E-state index contributed by atoms with van der Waals surface area (Å²) in [5.41, 5.74) is 32.0. The van der Waals surface area contributed by atoms with Gasteiger partial charge in [0.05, 0.1) is 0 Å². The Morgan fingerprint density at radius 1 is 0.235 bits per heavy atom. The van der Waals surface area contributed by atoms with Crippen molar-refractivity contribution in [1.29, 1.82) is 0 Å². The summed E-state index contributed by atoms with van der Waals surface area (Å²) in [4.78, 5) is 0. The molecule has 0 spiro atoms. The average Bonchev–Trinajstić information content (AvgIpc) is 3.16. The molecule has 0 fully saturated rings. The lowest BCUT2D eigenvalue weighted by atomic mass is 9.92. The second-order valence-corrected chi connectivity index (χ2v) is 12.2. The van der Waals surface area contributed by atoms with Gasteiger partial charge in [-0.3, -0.25) is 0 Å². The SMILES string of the molecule is Nc1cccc(C#Cc2ccc(-c3cc(-c4ccc(C#Cc5cccc(N)c5)cc4)cc(-c4ccc(C#Cc5cccc(N)c5)cc4)c3)cc2)c1. The highest BCUT2D eigenvalue weighted by Crippen LogP contribution is 2.33. The molecule has 240 valence electrons. The minimum Gasteiger partial charge on any atom is -0.399 e. The molecule has 3 nitrogen and oxygen atoms in total. The van der Waals surface area contributed by atoms with Crippen molar-refractivity contribution in [3.05, 3.63) is 197 Å².